The molecule has 0 unspecified atom stereocenters. The van der Waals surface area contributed by atoms with Gasteiger partial charge in [-0.15, -0.1) is 0 Å². The fourth-order valence-corrected chi connectivity index (χ4v) is 1.74. The van der Waals surface area contributed by atoms with Crippen LogP contribution >= 0.6 is 34.8 Å². The first-order valence-corrected chi connectivity index (χ1v) is 5.44. The van der Waals surface area contributed by atoms with Crippen molar-refractivity contribution < 1.29 is 14.7 Å². The maximum atomic E-state index is 11.6. The fourth-order valence-electron chi connectivity index (χ4n) is 1.09. The number of carboxylic acid groups (broad SMARTS) is 1. The van der Waals surface area contributed by atoms with Gasteiger partial charge in [-0.3, -0.25) is 9.59 Å². The highest BCUT2D eigenvalue weighted by Crippen LogP contribution is 2.29. The molecule has 0 spiro atoms. The summed E-state index contributed by atoms with van der Waals surface area (Å²) in [5.41, 5.74) is 0.192. The van der Waals surface area contributed by atoms with E-state index in [1.165, 1.54) is 12.1 Å². The zero-order valence-electron chi connectivity index (χ0n) is 7.97. The van der Waals surface area contributed by atoms with Gasteiger partial charge in [0, 0.05) is 12.0 Å². The molecule has 0 aliphatic carbocycles. The monoisotopic (exact) mass is 280 g/mol. The van der Waals surface area contributed by atoms with Crippen molar-refractivity contribution in [3.63, 3.8) is 0 Å². The van der Waals surface area contributed by atoms with Crippen LogP contribution in [0.1, 0.15) is 23.2 Å². The second-order valence-corrected chi connectivity index (χ2v) is 4.28. The first kappa shape index (κ1) is 13.3. The van der Waals surface area contributed by atoms with Gasteiger partial charge in [-0.1, -0.05) is 34.8 Å². The lowest BCUT2D eigenvalue weighted by molar-refractivity contribution is -0.136. The average Bonchev–Trinajstić information content (AvgIpc) is 2.20. The number of carbonyl (C=O) groups is 2. The second-order valence-electron chi connectivity index (χ2n) is 3.06. The van der Waals surface area contributed by atoms with E-state index in [0.717, 1.165) is 0 Å². The Hall–Kier alpha value is -0.770. The van der Waals surface area contributed by atoms with Crippen LogP contribution in [0.25, 0.3) is 0 Å². The minimum atomic E-state index is -1.04. The van der Waals surface area contributed by atoms with E-state index in [1.807, 2.05) is 0 Å². The molecule has 0 fully saturated rings. The number of benzene rings is 1. The van der Waals surface area contributed by atoms with Crippen molar-refractivity contribution in [3.8, 4) is 0 Å². The molecule has 86 valence electrons. The zero-order chi connectivity index (χ0) is 12.3. The van der Waals surface area contributed by atoms with E-state index in [2.05, 4.69) is 0 Å². The maximum Gasteiger partial charge on any atom is 0.303 e. The third-order valence-corrected chi connectivity index (χ3v) is 2.91. The zero-order valence-corrected chi connectivity index (χ0v) is 10.2. The average molecular weight is 282 g/mol. The Balaban J connectivity index is 2.91. The van der Waals surface area contributed by atoms with Gasteiger partial charge in [0.1, 0.15) is 0 Å². The lowest BCUT2D eigenvalue weighted by atomic mass is 10.1. The summed E-state index contributed by atoms with van der Waals surface area (Å²) in [6.07, 6.45) is -0.359. The molecule has 1 rings (SSSR count). The number of aliphatic carboxylic acids is 1. The summed E-state index contributed by atoms with van der Waals surface area (Å²) < 4.78 is 0. The van der Waals surface area contributed by atoms with Gasteiger partial charge in [-0.05, 0) is 12.1 Å². The molecule has 0 atom stereocenters. The second kappa shape index (κ2) is 5.53. The van der Waals surface area contributed by atoms with E-state index in [4.69, 9.17) is 39.9 Å². The SMILES string of the molecule is O=C(O)CCC(=O)c1cc(Cl)c(Cl)cc1Cl. The quantitative estimate of drug-likeness (QED) is 0.676. The smallest absolute Gasteiger partial charge is 0.303 e. The third kappa shape index (κ3) is 3.37. The van der Waals surface area contributed by atoms with E-state index in [9.17, 15) is 9.59 Å². The molecule has 0 radical (unpaired) electrons. The summed E-state index contributed by atoms with van der Waals surface area (Å²) in [5, 5.41) is 9.08. The van der Waals surface area contributed by atoms with Crippen molar-refractivity contribution in [1.29, 1.82) is 0 Å². The number of Topliss-reactive ketones (excluding diaryl/α,β-unsaturated/α-hetero) is 1. The van der Waals surface area contributed by atoms with Crippen LogP contribution in [0.3, 0.4) is 0 Å². The van der Waals surface area contributed by atoms with Crippen LogP contribution < -0.4 is 0 Å². The molecule has 3 nitrogen and oxygen atoms in total. The molecule has 0 bridgehead atoms. The van der Waals surface area contributed by atoms with E-state index in [1.54, 1.807) is 0 Å². The molecule has 0 aliphatic rings. The first-order valence-electron chi connectivity index (χ1n) is 4.31. The molecule has 0 saturated heterocycles. The number of carbonyl (C=O) groups excluding carboxylic acids is 1. The Morgan fingerprint density at radius 2 is 1.56 bits per heavy atom. The van der Waals surface area contributed by atoms with Crippen molar-refractivity contribution in [2.75, 3.05) is 0 Å². The Labute approximate surface area is 107 Å². The van der Waals surface area contributed by atoms with Gasteiger partial charge in [-0.25, -0.2) is 0 Å². The van der Waals surface area contributed by atoms with Gasteiger partial charge in [0.25, 0.3) is 0 Å². The lowest BCUT2D eigenvalue weighted by Gasteiger charge is -2.04. The first-order chi connectivity index (χ1) is 7.41. The molecule has 1 aromatic carbocycles. The number of halogens is 3. The summed E-state index contributed by atoms with van der Waals surface area (Å²) in [7, 11) is 0. The van der Waals surface area contributed by atoms with Crippen LogP contribution in [0.4, 0.5) is 0 Å². The topological polar surface area (TPSA) is 54.4 Å². The number of carboxylic acids is 1. The summed E-state index contributed by atoms with van der Waals surface area (Å²) in [5.74, 6) is -1.41. The molecule has 1 aromatic rings. The molecular weight excluding hydrogens is 274 g/mol. The van der Waals surface area contributed by atoms with Gasteiger partial charge in [-0.2, -0.15) is 0 Å². The van der Waals surface area contributed by atoms with E-state index in [0.29, 0.717) is 0 Å². The minimum absolute atomic E-state index is 0.118. The number of hydrogen-bond acceptors (Lipinski definition) is 2. The van der Waals surface area contributed by atoms with Crippen LogP contribution in [0.15, 0.2) is 12.1 Å². The van der Waals surface area contributed by atoms with Crippen molar-refractivity contribution in [2.45, 2.75) is 12.8 Å². The summed E-state index contributed by atoms with van der Waals surface area (Å²) in [4.78, 5) is 21.9. The van der Waals surface area contributed by atoms with Crippen molar-refractivity contribution in [1.82, 2.24) is 0 Å². The molecule has 0 aromatic heterocycles. The van der Waals surface area contributed by atoms with Gasteiger partial charge in [0.15, 0.2) is 5.78 Å². The van der Waals surface area contributed by atoms with E-state index < -0.39 is 5.97 Å². The lowest BCUT2D eigenvalue weighted by Crippen LogP contribution is -2.04. The predicted octanol–water partition coefficient (Wildman–Crippen LogP) is 3.69. The number of rotatable bonds is 4. The molecule has 0 aliphatic heterocycles. The standard InChI is InChI=1S/C10H7Cl3O3/c11-6-4-8(13)7(12)3-5(6)9(14)1-2-10(15)16/h3-4H,1-2H2,(H,15,16). The molecule has 0 amide bonds. The van der Waals surface area contributed by atoms with Crippen LogP contribution in [-0.4, -0.2) is 16.9 Å². The Morgan fingerprint density at radius 1 is 1.00 bits per heavy atom. The predicted molar refractivity (Wildman–Crippen MR) is 62.7 cm³/mol. The van der Waals surface area contributed by atoms with Gasteiger partial charge < -0.3 is 5.11 Å². The molecule has 0 heterocycles. The van der Waals surface area contributed by atoms with Crippen LogP contribution in [-0.2, 0) is 4.79 Å². The Kier molecular flexibility index (Phi) is 4.59. The van der Waals surface area contributed by atoms with E-state index >= 15 is 0 Å². The van der Waals surface area contributed by atoms with Crippen molar-refractivity contribution >= 4 is 46.6 Å². The van der Waals surface area contributed by atoms with Gasteiger partial charge >= 0.3 is 5.97 Å². The van der Waals surface area contributed by atoms with Crippen molar-refractivity contribution in [3.05, 3.63) is 32.8 Å². The summed E-state index contributed by atoms with van der Waals surface area (Å²) in [6, 6.07) is 2.70. The largest absolute Gasteiger partial charge is 0.481 e. The van der Waals surface area contributed by atoms with Gasteiger partial charge in [0.05, 0.1) is 21.5 Å². The minimum Gasteiger partial charge on any atom is -0.481 e. The summed E-state index contributed by atoms with van der Waals surface area (Å²) >= 11 is 17.2. The highest BCUT2D eigenvalue weighted by Gasteiger charge is 2.14. The third-order valence-electron chi connectivity index (χ3n) is 1.88. The molecule has 0 saturated carbocycles. The Bertz CT molecular complexity index is 443. The fraction of sp³-hybridized carbons (Fsp3) is 0.200. The van der Waals surface area contributed by atoms with Crippen LogP contribution in [0, 0.1) is 0 Å². The molecule has 1 N–H and O–H groups in total. The molecular formula is C10H7Cl3O3. The normalized spacial score (nSPS) is 10.2. The highest BCUT2D eigenvalue weighted by atomic mass is 35.5. The number of hydrogen-bond donors (Lipinski definition) is 1. The van der Waals surface area contributed by atoms with Crippen molar-refractivity contribution in [2.24, 2.45) is 0 Å². The number of ketones is 1. The highest BCUT2D eigenvalue weighted by molar-refractivity contribution is 6.44. The molecule has 16 heavy (non-hydrogen) atoms. The molecule has 6 heteroatoms. The van der Waals surface area contributed by atoms with Gasteiger partial charge in [0.2, 0.25) is 0 Å². The van der Waals surface area contributed by atoms with Crippen LogP contribution in [0.5, 0.6) is 0 Å². The maximum absolute atomic E-state index is 11.6. The van der Waals surface area contributed by atoms with Crippen LogP contribution in [0.2, 0.25) is 15.1 Å². The Morgan fingerprint density at radius 3 is 2.12 bits per heavy atom. The summed E-state index contributed by atoms with van der Waals surface area (Å²) in [6.45, 7) is 0. The van der Waals surface area contributed by atoms with E-state index in [-0.39, 0.29) is 39.3 Å².